The SMILES string of the molecule is O=C(O)c1ccc2ccc(Cl)cc2c1OCc1ccc(OC(F)(F)F)cc1. The molecule has 0 bridgehead atoms. The number of hydrogen-bond donors (Lipinski definition) is 1. The molecule has 0 unspecified atom stereocenters. The number of fused-ring (bicyclic) bond motifs is 1. The fourth-order valence-electron chi connectivity index (χ4n) is 2.53. The van der Waals surface area contributed by atoms with Gasteiger partial charge in [-0.15, -0.1) is 13.2 Å². The number of halogens is 4. The molecule has 0 aliphatic heterocycles. The predicted molar refractivity (Wildman–Crippen MR) is 93.4 cm³/mol. The van der Waals surface area contributed by atoms with Gasteiger partial charge in [0.05, 0.1) is 0 Å². The Labute approximate surface area is 156 Å². The Hall–Kier alpha value is -2.93. The Morgan fingerprint density at radius 2 is 1.70 bits per heavy atom. The van der Waals surface area contributed by atoms with E-state index < -0.39 is 12.3 Å². The van der Waals surface area contributed by atoms with Crippen LogP contribution in [0.1, 0.15) is 15.9 Å². The monoisotopic (exact) mass is 396 g/mol. The number of carboxylic acids is 1. The predicted octanol–water partition coefficient (Wildman–Crippen LogP) is 5.67. The first-order chi connectivity index (χ1) is 12.7. The highest BCUT2D eigenvalue weighted by atomic mass is 35.5. The van der Waals surface area contributed by atoms with Gasteiger partial charge in [-0.05, 0) is 41.3 Å². The van der Waals surface area contributed by atoms with Crippen LogP contribution in [-0.4, -0.2) is 17.4 Å². The van der Waals surface area contributed by atoms with Crippen LogP contribution in [0.3, 0.4) is 0 Å². The average Bonchev–Trinajstić information content (AvgIpc) is 2.59. The molecular formula is C19H12ClF3O4. The molecule has 0 radical (unpaired) electrons. The lowest BCUT2D eigenvalue weighted by atomic mass is 10.1. The molecule has 27 heavy (non-hydrogen) atoms. The fourth-order valence-corrected chi connectivity index (χ4v) is 2.70. The van der Waals surface area contributed by atoms with Crippen molar-refractivity contribution in [2.75, 3.05) is 0 Å². The molecule has 3 aromatic rings. The van der Waals surface area contributed by atoms with Crippen LogP contribution in [0, 0.1) is 0 Å². The maximum absolute atomic E-state index is 12.2. The molecule has 0 aliphatic rings. The summed E-state index contributed by atoms with van der Waals surface area (Å²) in [5.74, 6) is -1.38. The first-order valence-corrected chi connectivity index (χ1v) is 8.04. The van der Waals surface area contributed by atoms with Crippen molar-refractivity contribution in [3.05, 3.63) is 70.7 Å². The fraction of sp³-hybridized carbons (Fsp3) is 0.105. The van der Waals surface area contributed by atoms with Crippen LogP contribution >= 0.6 is 11.6 Å². The van der Waals surface area contributed by atoms with Crippen LogP contribution in [-0.2, 0) is 6.61 Å². The van der Waals surface area contributed by atoms with Crippen molar-refractivity contribution in [3.8, 4) is 11.5 Å². The van der Waals surface area contributed by atoms with Gasteiger partial charge in [0, 0.05) is 10.4 Å². The smallest absolute Gasteiger partial charge is 0.487 e. The summed E-state index contributed by atoms with van der Waals surface area (Å²) >= 11 is 6.00. The minimum atomic E-state index is -4.77. The number of ether oxygens (including phenoxy) is 2. The molecule has 3 aromatic carbocycles. The lowest BCUT2D eigenvalue weighted by Crippen LogP contribution is -2.17. The van der Waals surface area contributed by atoms with Gasteiger partial charge in [0.2, 0.25) is 0 Å². The summed E-state index contributed by atoms with van der Waals surface area (Å²) in [5.41, 5.74) is 0.502. The van der Waals surface area contributed by atoms with Gasteiger partial charge in [-0.25, -0.2) is 4.79 Å². The molecule has 0 spiro atoms. The van der Waals surface area contributed by atoms with Crippen molar-refractivity contribution in [1.82, 2.24) is 0 Å². The zero-order valence-corrected chi connectivity index (χ0v) is 14.3. The molecule has 0 atom stereocenters. The molecule has 1 N–H and O–H groups in total. The molecule has 0 heterocycles. The largest absolute Gasteiger partial charge is 0.573 e. The number of carboxylic acid groups (broad SMARTS) is 1. The molecule has 4 nitrogen and oxygen atoms in total. The molecule has 8 heteroatoms. The van der Waals surface area contributed by atoms with Crippen molar-refractivity contribution in [3.63, 3.8) is 0 Å². The number of carbonyl (C=O) groups is 1. The summed E-state index contributed by atoms with van der Waals surface area (Å²) in [4.78, 5) is 11.5. The maximum atomic E-state index is 12.2. The van der Waals surface area contributed by atoms with E-state index >= 15 is 0 Å². The van der Waals surface area contributed by atoms with Crippen LogP contribution in [0.2, 0.25) is 5.02 Å². The lowest BCUT2D eigenvalue weighted by molar-refractivity contribution is -0.274. The first kappa shape index (κ1) is 18.8. The van der Waals surface area contributed by atoms with E-state index in [0.29, 0.717) is 16.0 Å². The Morgan fingerprint density at radius 3 is 2.33 bits per heavy atom. The van der Waals surface area contributed by atoms with Crippen LogP contribution in [0.25, 0.3) is 10.8 Å². The zero-order chi connectivity index (χ0) is 19.6. The van der Waals surface area contributed by atoms with Crippen molar-refractivity contribution in [2.24, 2.45) is 0 Å². The topological polar surface area (TPSA) is 55.8 Å². The molecule has 0 saturated heterocycles. The summed E-state index contributed by atoms with van der Waals surface area (Å²) in [6.07, 6.45) is -4.77. The van der Waals surface area contributed by atoms with Gasteiger partial charge >= 0.3 is 12.3 Å². The molecule has 0 aromatic heterocycles. The highest BCUT2D eigenvalue weighted by molar-refractivity contribution is 6.31. The Kier molecular flexibility index (Phi) is 5.14. The Bertz CT molecular complexity index is 985. The Balaban J connectivity index is 1.87. The van der Waals surface area contributed by atoms with Crippen molar-refractivity contribution in [1.29, 1.82) is 0 Å². The average molecular weight is 397 g/mol. The summed E-state index contributed by atoms with van der Waals surface area (Å²) in [7, 11) is 0. The second kappa shape index (κ2) is 7.36. The number of aromatic carboxylic acids is 1. The lowest BCUT2D eigenvalue weighted by Gasteiger charge is -2.13. The van der Waals surface area contributed by atoms with Gasteiger partial charge in [-0.3, -0.25) is 0 Å². The van der Waals surface area contributed by atoms with E-state index in [2.05, 4.69) is 4.74 Å². The van der Waals surface area contributed by atoms with Gasteiger partial charge in [0.15, 0.2) is 0 Å². The van der Waals surface area contributed by atoms with E-state index in [1.807, 2.05) is 0 Å². The highest BCUT2D eigenvalue weighted by Gasteiger charge is 2.30. The van der Waals surface area contributed by atoms with Crippen LogP contribution < -0.4 is 9.47 Å². The van der Waals surface area contributed by atoms with Gasteiger partial charge in [-0.1, -0.05) is 35.9 Å². The summed E-state index contributed by atoms with van der Waals surface area (Å²) in [6, 6.07) is 13.2. The van der Waals surface area contributed by atoms with Crippen LogP contribution in [0.4, 0.5) is 13.2 Å². The van der Waals surface area contributed by atoms with Gasteiger partial charge < -0.3 is 14.6 Å². The standard InChI is InChI=1S/C19H12ClF3O4/c20-13-5-3-12-4-8-15(18(24)25)17(16(12)9-13)26-10-11-1-6-14(7-2-11)27-19(21,22)23/h1-9H,10H2,(H,24,25). The van der Waals surface area contributed by atoms with E-state index in [1.54, 1.807) is 24.3 Å². The first-order valence-electron chi connectivity index (χ1n) is 7.66. The number of benzene rings is 3. The summed E-state index contributed by atoms with van der Waals surface area (Å²) < 4.78 is 46.1. The molecule has 0 amide bonds. The molecule has 0 fully saturated rings. The second-order valence-electron chi connectivity index (χ2n) is 5.59. The summed E-state index contributed by atoms with van der Waals surface area (Å²) in [5, 5.41) is 11.1. The van der Waals surface area contributed by atoms with E-state index in [9.17, 15) is 23.1 Å². The van der Waals surface area contributed by atoms with Gasteiger partial charge in [0.25, 0.3) is 0 Å². The third kappa shape index (κ3) is 4.62. The quantitative estimate of drug-likeness (QED) is 0.603. The molecule has 0 saturated carbocycles. The van der Waals surface area contributed by atoms with E-state index in [-0.39, 0.29) is 23.7 Å². The molecule has 140 valence electrons. The van der Waals surface area contributed by atoms with Crippen LogP contribution in [0.15, 0.2) is 54.6 Å². The van der Waals surface area contributed by atoms with Crippen molar-refractivity contribution < 1.29 is 32.5 Å². The number of rotatable bonds is 5. The number of hydrogen-bond acceptors (Lipinski definition) is 3. The summed E-state index contributed by atoms with van der Waals surface area (Å²) in [6.45, 7) is -0.0434. The zero-order valence-electron chi connectivity index (χ0n) is 13.6. The van der Waals surface area contributed by atoms with Crippen molar-refractivity contribution in [2.45, 2.75) is 13.0 Å². The third-order valence-electron chi connectivity index (χ3n) is 3.70. The Morgan fingerprint density at radius 1 is 1.04 bits per heavy atom. The van der Waals surface area contributed by atoms with Gasteiger partial charge in [0.1, 0.15) is 23.7 Å². The van der Waals surface area contributed by atoms with E-state index in [1.165, 1.54) is 18.2 Å². The minimum absolute atomic E-state index is 0.0400. The van der Waals surface area contributed by atoms with E-state index in [0.717, 1.165) is 17.5 Å². The molecular weight excluding hydrogens is 385 g/mol. The van der Waals surface area contributed by atoms with Gasteiger partial charge in [-0.2, -0.15) is 0 Å². The van der Waals surface area contributed by atoms with Crippen LogP contribution in [0.5, 0.6) is 11.5 Å². The minimum Gasteiger partial charge on any atom is -0.487 e. The van der Waals surface area contributed by atoms with E-state index in [4.69, 9.17) is 16.3 Å². The number of alkyl halides is 3. The normalized spacial score (nSPS) is 11.4. The maximum Gasteiger partial charge on any atom is 0.573 e. The van der Waals surface area contributed by atoms with Crippen molar-refractivity contribution >= 4 is 28.3 Å². The molecule has 0 aliphatic carbocycles. The third-order valence-corrected chi connectivity index (χ3v) is 3.94. The second-order valence-corrected chi connectivity index (χ2v) is 6.03. The highest BCUT2D eigenvalue weighted by Crippen LogP contribution is 2.33. The molecule has 3 rings (SSSR count).